The van der Waals surface area contributed by atoms with Crippen LogP contribution >= 0.6 is 0 Å². The molecule has 0 N–H and O–H groups in total. The Kier molecular flexibility index (Phi) is 4.26. The number of allylic oxidation sites excluding steroid dienone is 5. The van der Waals surface area contributed by atoms with E-state index in [-0.39, 0.29) is 23.7 Å². The van der Waals surface area contributed by atoms with Crippen molar-refractivity contribution in [2.45, 2.75) is 38.5 Å². The van der Waals surface area contributed by atoms with E-state index in [0.717, 1.165) is 36.2 Å². The normalized spacial score (nSPS) is 37.0. The molecule has 140 valence electrons. The summed E-state index contributed by atoms with van der Waals surface area (Å²) in [5.74, 6) is 2.13. The molecule has 4 aliphatic rings. The molecule has 0 aromatic heterocycles. The quantitative estimate of drug-likeness (QED) is 0.739. The Morgan fingerprint density at radius 3 is 2.78 bits per heavy atom. The summed E-state index contributed by atoms with van der Waals surface area (Å²) in [5.41, 5.74) is 2.18. The molecule has 2 nitrogen and oxygen atoms in total. The van der Waals surface area contributed by atoms with Gasteiger partial charge in [-0.1, -0.05) is 36.4 Å². The van der Waals surface area contributed by atoms with E-state index in [4.69, 9.17) is 4.74 Å². The van der Waals surface area contributed by atoms with E-state index < -0.39 is 6.17 Å². The van der Waals surface area contributed by atoms with Gasteiger partial charge in [-0.15, -0.1) is 0 Å². The van der Waals surface area contributed by atoms with Crippen molar-refractivity contribution >= 4 is 5.78 Å². The molecule has 0 amide bonds. The Balaban J connectivity index is 1.35. The molecule has 0 aliphatic heterocycles. The highest BCUT2D eigenvalue weighted by Gasteiger charge is 2.52. The average Bonchev–Trinajstić information content (AvgIpc) is 3.08. The van der Waals surface area contributed by atoms with E-state index >= 15 is 4.39 Å². The van der Waals surface area contributed by atoms with E-state index in [1.54, 1.807) is 6.08 Å². The largest absolute Gasteiger partial charge is 0.489 e. The third kappa shape index (κ3) is 2.97. The van der Waals surface area contributed by atoms with Crippen LogP contribution in [0.3, 0.4) is 0 Å². The lowest BCUT2D eigenvalue weighted by molar-refractivity contribution is -0.123. The zero-order valence-electron chi connectivity index (χ0n) is 15.4. The molecule has 1 aromatic rings. The Bertz CT molecular complexity index is 822. The Labute approximate surface area is 159 Å². The second kappa shape index (κ2) is 6.78. The molecule has 0 unspecified atom stereocenters. The van der Waals surface area contributed by atoms with Gasteiger partial charge >= 0.3 is 0 Å². The number of hydrogen-bond acceptors (Lipinski definition) is 2. The molecular formula is C24H25FO2. The third-order valence-corrected chi connectivity index (χ3v) is 7.04. The van der Waals surface area contributed by atoms with Gasteiger partial charge in [0, 0.05) is 24.2 Å². The highest BCUT2D eigenvalue weighted by Crippen LogP contribution is 2.54. The van der Waals surface area contributed by atoms with Gasteiger partial charge in [-0.2, -0.15) is 0 Å². The van der Waals surface area contributed by atoms with Crippen LogP contribution in [0.2, 0.25) is 0 Å². The van der Waals surface area contributed by atoms with Crippen LogP contribution in [0.4, 0.5) is 4.39 Å². The molecule has 0 heterocycles. The summed E-state index contributed by atoms with van der Waals surface area (Å²) in [7, 11) is 0. The first-order chi connectivity index (χ1) is 13.2. The fraction of sp³-hybridized carbons (Fsp3) is 0.458. The number of benzene rings is 1. The number of alkyl halides is 1. The Morgan fingerprint density at radius 2 is 1.93 bits per heavy atom. The third-order valence-electron chi connectivity index (χ3n) is 7.04. The molecule has 2 fully saturated rings. The smallest absolute Gasteiger partial charge is 0.136 e. The molecule has 0 saturated heterocycles. The number of carbonyl (C=O) groups is 1. The maximum Gasteiger partial charge on any atom is 0.136 e. The van der Waals surface area contributed by atoms with E-state index in [1.807, 2.05) is 42.5 Å². The molecule has 3 heteroatoms. The van der Waals surface area contributed by atoms with Crippen molar-refractivity contribution in [1.29, 1.82) is 0 Å². The first kappa shape index (κ1) is 17.0. The second-order valence-corrected chi connectivity index (χ2v) is 8.41. The van der Waals surface area contributed by atoms with Gasteiger partial charge in [0.1, 0.15) is 24.3 Å². The SMILES string of the molecule is O=C1CC[C@H]2[C@H]3[C@H](CC[C@H]12)[C@H]1C=CC(OCc2ccccc2)=CC1=C[C@H]3F. The van der Waals surface area contributed by atoms with Crippen molar-refractivity contribution in [3.05, 3.63) is 71.5 Å². The number of halogens is 1. The van der Waals surface area contributed by atoms with Gasteiger partial charge in [0.2, 0.25) is 0 Å². The topological polar surface area (TPSA) is 26.3 Å². The first-order valence-corrected chi connectivity index (χ1v) is 10.2. The van der Waals surface area contributed by atoms with Crippen LogP contribution in [0.25, 0.3) is 0 Å². The molecule has 0 radical (unpaired) electrons. The second-order valence-electron chi connectivity index (χ2n) is 8.41. The van der Waals surface area contributed by atoms with Crippen molar-refractivity contribution < 1.29 is 13.9 Å². The van der Waals surface area contributed by atoms with Crippen molar-refractivity contribution in [2.24, 2.45) is 29.6 Å². The zero-order chi connectivity index (χ0) is 18.4. The Hall–Kier alpha value is -2.16. The summed E-state index contributed by atoms with van der Waals surface area (Å²) < 4.78 is 21.1. The van der Waals surface area contributed by atoms with Crippen LogP contribution in [-0.4, -0.2) is 12.0 Å². The molecule has 1 aromatic carbocycles. The zero-order valence-corrected chi connectivity index (χ0v) is 15.4. The molecule has 5 rings (SSSR count). The number of rotatable bonds is 3. The summed E-state index contributed by atoms with van der Waals surface area (Å²) in [6.45, 7) is 0.520. The van der Waals surface area contributed by atoms with Crippen LogP contribution in [0.5, 0.6) is 0 Å². The minimum absolute atomic E-state index is 0.00814. The van der Waals surface area contributed by atoms with Crippen molar-refractivity contribution in [2.75, 3.05) is 0 Å². The molecule has 0 bridgehead atoms. The van der Waals surface area contributed by atoms with Crippen molar-refractivity contribution in [1.82, 2.24) is 0 Å². The molecule has 2 saturated carbocycles. The first-order valence-electron chi connectivity index (χ1n) is 10.2. The van der Waals surface area contributed by atoms with E-state index in [2.05, 4.69) is 6.08 Å². The molecule has 0 spiro atoms. The van der Waals surface area contributed by atoms with Gasteiger partial charge in [0.15, 0.2) is 0 Å². The molecule has 6 atom stereocenters. The van der Waals surface area contributed by atoms with E-state index in [9.17, 15) is 4.79 Å². The molecular weight excluding hydrogens is 339 g/mol. The number of Topliss-reactive ketones (excluding diaryl/α,β-unsaturated/α-hetero) is 1. The number of fused-ring (bicyclic) bond motifs is 5. The fourth-order valence-electron chi connectivity index (χ4n) is 5.84. The summed E-state index contributed by atoms with van der Waals surface area (Å²) in [6.07, 6.45) is 10.5. The van der Waals surface area contributed by atoms with Gasteiger partial charge in [0.05, 0.1) is 0 Å². The van der Waals surface area contributed by atoms with Crippen LogP contribution in [0, 0.1) is 29.6 Å². The minimum atomic E-state index is -0.946. The van der Waals surface area contributed by atoms with Gasteiger partial charge in [-0.25, -0.2) is 4.39 Å². The minimum Gasteiger partial charge on any atom is -0.489 e. The maximum atomic E-state index is 15.2. The lowest BCUT2D eigenvalue weighted by Gasteiger charge is -2.47. The molecule has 27 heavy (non-hydrogen) atoms. The van der Waals surface area contributed by atoms with Crippen LogP contribution in [0.1, 0.15) is 31.2 Å². The van der Waals surface area contributed by atoms with E-state index in [0.29, 0.717) is 24.7 Å². The van der Waals surface area contributed by atoms with Gasteiger partial charge < -0.3 is 4.74 Å². The lowest BCUT2D eigenvalue weighted by Crippen LogP contribution is -2.44. The average molecular weight is 364 g/mol. The highest BCUT2D eigenvalue weighted by molar-refractivity contribution is 5.83. The summed E-state index contributed by atoms with van der Waals surface area (Å²) >= 11 is 0. The number of hydrogen-bond donors (Lipinski definition) is 0. The van der Waals surface area contributed by atoms with Gasteiger partial charge in [-0.3, -0.25) is 4.79 Å². The highest BCUT2D eigenvalue weighted by atomic mass is 19.1. The standard InChI is InChI=1S/C24H25FO2/c25-22-13-16-12-17(27-14-15-4-2-1-3-5-15)6-7-18(16)20-9-8-19-21(24(20)22)10-11-23(19)26/h1-7,12-13,18-22,24H,8-11,14H2/t18-,19-,20+,21+,22+,24+/m0/s1. The molecule has 4 aliphatic carbocycles. The number of ketones is 1. The lowest BCUT2D eigenvalue weighted by atomic mass is 9.58. The predicted octanol–water partition coefficient (Wildman–Crippen LogP) is 5.17. The summed E-state index contributed by atoms with van der Waals surface area (Å²) in [6, 6.07) is 10.1. The van der Waals surface area contributed by atoms with Crippen LogP contribution in [0.15, 0.2) is 66.0 Å². The van der Waals surface area contributed by atoms with E-state index in [1.165, 1.54) is 0 Å². The van der Waals surface area contributed by atoms with Crippen molar-refractivity contribution in [3.63, 3.8) is 0 Å². The Morgan fingerprint density at radius 1 is 1.07 bits per heavy atom. The monoisotopic (exact) mass is 364 g/mol. The number of ether oxygens (including phenoxy) is 1. The predicted molar refractivity (Wildman–Crippen MR) is 102 cm³/mol. The van der Waals surface area contributed by atoms with Gasteiger partial charge in [0.25, 0.3) is 0 Å². The fourth-order valence-corrected chi connectivity index (χ4v) is 5.84. The summed E-state index contributed by atoms with van der Waals surface area (Å²) in [5, 5.41) is 0. The summed E-state index contributed by atoms with van der Waals surface area (Å²) in [4.78, 5) is 12.1. The van der Waals surface area contributed by atoms with Crippen LogP contribution < -0.4 is 0 Å². The van der Waals surface area contributed by atoms with Crippen molar-refractivity contribution in [3.8, 4) is 0 Å². The number of carbonyl (C=O) groups excluding carboxylic acids is 1. The van der Waals surface area contributed by atoms with Crippen LogP contribution in [-0.2, 0) is 16.1 Å². The van der Waals surface area contributed by atoms with Gasteiger partial charge in [-0.05, 0) is 60.5 Å². The maximum absolute atomic E-state index is 15.2.